The highest BCUT2D eigenvalue weighted by molar-refractivity contribution is 6.00. The summed E-state index contributed by atoms with van der Waals surface area (Å²) in [7, 11) is 0. The average molecular weight is 475 g/mol. The SMILES string of the molecule is CCCOC(=O)C1=C(C)NC(C)=C(C(=O)OCC2(C)CCCOO2)C1c1cccc([N+](=O)[O-])c1. The Hall–Kier alpha value is -3.24. The van der Waals surface area contributed by atoms with Crippen LogP contribution < -0.4 is 5.32 Å². The van der Waals surface area contributed by atoms with Crippen LogP contribution in [0.5, 0.6) is 0 Å². The number of carbonyl (C=O) groups excluding carboxylic acids is 2. The zero-order valence-electron chi connectivity index (χ0n) is 19.8. The molecule has 2 atom stereocenters. The monoisotopic (exact) mass is 474 g/mol. The lowest BCUT2D eigenvalue weighted by Crippen LogP contribution is -2.40. The van der Waals surface area contributed by atoms with Crippen molar-refractivity contribution in [1.82, 2.24) is 5.32 Å². The van der Waals surface area contributed by atoms with E-state index in [4.69, 9.17) is 19.2 Å². The Labute approximate surface area is 198 Å². The van der Waals surface area contributed by atoms with Gasteiger partial charge < -0.3 is 14.8 Å². The summed E-state index contributed by atoms with van der Waals surface area (Å²) in [6.45, 7) is 7.68. The van der Waals surface area contributed by atoms with Crippen molar-refractivity contribution in [1.29, 1.82) is 0 Å². The number of nitrogens with zero attached hydrogens (tertiary/aromatic N) is 1. The summed E-state index contributed by atoms with van der Waals surface area (Å²) in [5, 5.41) is 14.5. The Morgan fingerprint density at radius 3 is 2.47 bits per heavy atom. The molecular formula is C24H30N2O8. The zero-order valence-corrected chi connectivity index (χ0v) is 19.8. The minimum atomic E-state index is -0.908. The fourth-order valence-electron chi connectivity index (χ4n) is 4.08. The minimum Gasteiger partial charge on any atom is -0.462 e. The van der Waals surface area contributed by atoms with Gasteiger partial charge in [-0.15, -0.1) is 0 Å². The van der Waals surface area contributed by atoms with Gasteiger partial charge in [-0.3, -0.25) is 10.1 Å². The van der Waals surface area contributed by atoms with E-state index in [1.807, 2.05) is 6.92 Å². The van der Waals surface area contributed by atoms with Crippen molar-refractivity contribution in [2.24, 2.45) is 0 Å². The lowest BCUT2D eigenvalue weighted by molar-refractivity contribution is -0.384. The number of nitro benzene ring substituents is 1. The van der Waals surface area contributed by atoms with Crippen LogP contribution in [-0.2, 0) is 28.8 Å². The molecule has 184 valence electrons. The maximum atomic E-state index is 13.4. The maximum Gasteiger partial charge on any atom is 0.336 e. The van der Waals surface area contributed by atoms with Gasteiger partial charge in [0, 0.05) is 23.5 Å². The second-order valence-corrected chi connectivity index (χ2v) is 8.66. The van der Waals surface area contributed by atoms with E-state index in [0.29, 0.717) is 36.4 Å². The molecule has 2 aliphatic heterocycles. The molecule has 2 heterocycles. The average Bonchev–Trinajstić information content (AvgIpc) is 2.81. The number of carbonyl (C=O) groups is 2. The van der Waals surface area contributed by atoms with Crippen molar-refractivity contribution in [2.45, 2.75) is 58.5 Å². The van der Waals surface area contributed by atoms with Crippen LogP contribution >= 0.6 is 0 Å². The molecule has 0 radical (unpaired) electrons. The van der Waals surface area contributed by atoms with Gasteiger partial charge in [0.25, 0.3) is 5.69 Å². The summed E-state index contributed by atoms with van der Waals surface area (Å²) in [6, 6.07) is 5.87. The lowest BCUT2D eigenvalue weighted by atomic mass is 9.80. The topological polar surface area (TPSA) is 126 Å². The third-order valence-electron chi connectivity index (χ3n) is 5.75. The normalized spacial score (nSPS) is 22.8. The molecule has 0 amide bonds. The van der Waals surface area contributed by atoms with Gasteiger partial charge in [0.2, 0.25) is 0 Å². The minimum absolute atomic E-state index is 0.0530. The number of nitro groups is 1. The molecule has 0 saturated carbocycles. The van der Waals surface area contributed by atoms with Crippen molar-refractivity contribution < 1.29 is 33.8 Å². The zero-order chi connectivity index (χ0) is 24.9. The molecule has 2 aliphatic rings. The molecule has 0 bridgehead atoms. The quantitative estimate of drug-likeness (QED) is 0.259. The number of dihydropyridines is 1. The first kappa shape index (κ1) is 25.4. The number of hydrogen-bond acceptors (Lipinski definition) is 9. The predicted octanol–water partition coefficient (Wildman–Crippen LogP) is 3.83. The third-order valence-corrected chi connectivity index (χ3v) is 5.75. The predicted molar refractivity (Wildman–Crippen MR) is 121 cm³/mol. The van der Waals surface area contributed by atoms with Crippen LogP contribution in [0.15, 0.2) is 46.8 Å². The van der Waals surface area contributed by atoms with E-state index in [9.17, 15) is 19.7 Å². The molecule has 1 N–H and O–H groups in total. The van der Waals surface area contributed by atoms with Crippen LogP contribution in [0.3, 0.4) is 0 Å². The van der Waals surface area contributed by atoms with Crippen molar-refractivity contribution >= 4 is 17.6 Å². The number of esters is 2. The standard InChI is InChI=1S/C24H30N2O8/c1-5-11-31-22(27)19-15(2)25-16(3)20(21(19)17-8-6-9-18(13-17)26(29)30)23(28)32-14-24(4)10-7-12-33-34-24/h6,8-9,13,21,25H,5,7,10-12,14H2,1-4H3. The number of allylic oxidation sites excluding steroid dienone is 2. The third kappa shape index (κ3) is 5.63. The fourth-order valence-corrected chi connectivity index (χ4v) is 4.08. The summed E-state index contributed by atoms with van der Waals surface area (Å²) in [5.74, 6) is -2.17. The molecule has 3 rings (SSSR count). The molecule has 0 aromatic heterocycles. The summed E-state index contributed by atoms with van der Waals surface area (Å²) >= 11 is 0. The molecule has 10 heteroatoms. The molecule has 1 aromatic rings. The Kier molecular flexibility index (Phi) is 8.06. The molecule has 1 aromatic carbocycles. The first-order valence-electron chi connectivity index (χ1n) is 11.2. The molecule has 1 fully saturated rings. The van der Waals surface area contributed by atoms with Crippen LogP contribution in [0.2, 0.25) is 0 Å². The molecule has 2 unspecified atom stereocenters. The van der Waals surface area contributed by atoms with Gasteiger partial charge in [-0.2, -0.15) is 0 Å². The lowest BCUT2D eigenvalue weighted by Gasteiger charge is -2.33. The first-order chi connectivity index (χ1) is 16.2. The molecule has 1 saturated heterocycles. The smallest absolute Gasteiger partial charge is 0.336 e. The number of rotatable bonds is 8. The van der Waals surface area contributed by atoms with Crippen LogP contribution in [0.4, 0.5) is 5.69 Å². The van der Waals surface area contributed by atoms with Crippen LogP contribution in [0.25, 0.3) is 0 Å². The van der Waals surface area contributed by atoms with Crippen molar-refractivity contribution in [3.63, 3.8) is 0 Å². The van der Waals surface area contributed by atoms with Crippen LogP contribution in [-0.4, -0.2) is 42.3 Å². The molecular weight excluding hydrogens is 444 g/mol. The van der Waals surface area contributed by atoms with Gasteiger partial charge in [0.1, 0.15) is 12.2 Å². The second kappa shape index (κ2) is 10.8. The van der Waals surface area contributed by atoms with E-state index >= 15 is 0 Å². The number of benzene rings is 1. The Morgan fingerprint density at radius 1 is 1.21 bits per heavy atom. The molecule has 0 spiro atoms. The summed E-state index contributed by atoms with van der Waals surface area (Å²) < 4.78 is 11.0. The summed E-state index contributed by atoms with van der Waals surface area (Å²) in [5.41, 5.74) is 0.832. The van der Waals surface area contributed by atoms with E-state index in [1.165, 1.54) is 18.2 Å². The van der Waals surface area contributed by atoms with Gasteiger partial charge >= 0.3 is 11.9 Å². The number of non-ortho nitro benzene ring substituents is 1. The number of nitrogens with one attached hydrogen (secondary N) is 1. The van der Waals surface area contributed by atoms with Gasteiger partial charge in [-0.05, 0) is 45.6 Å². The number of hydrogen-bond donors (Lipinski definition) is 1. The second-order valence-electron chi connectivity index (χ2n) is 8.66. The van der Waals surface area contributed by atoms with Crippen LogP contribution in [0.1, 0.15) is 58.4 Å². The molecule has 34 heavy (non-hydrogen) atoms. The summed E-state index contributed by atoms with van der Waals surface area (Å²) in [4.78, 5) is 47.7. The largest absolute Gasteiger partial charge is 0.462 e. The van der Waals surface area contributed by atoms with Gasteiger partial charge in [-0.1, -0.05) is 19.1 Å². The van der Waals surface area contributed by atoms with Crippen molar-refractivity contribution in [3.05, 3.63) is 62.5 Å². The highest BCUT2D eigenvalue weighted by atomic mass is 17.2. The highest BCUT2D eigenvalue weighted by Gasteiger charge is 2.40. The van der Waals surface area contributed by atoms with Gasteiger partial charge in [-0.25, -0.2) is 19.4 Å². The Morgan fingerprint density at radius 2 is 1.88 bits per heavy atom. The Bertz CT molecular complexity index is 1020. The van der Waals surface area contributed by atoms with E-state index in [-0.39, 0.29) is 30.0 Å². The van der Waals surface area contributed by atoms with Crippen LogP contribution in [0, 0.1) is 10.1 Å². The maximum absolute atomic E-state index is 13.4. The fraction of sp³-hybridized carbons (Fsp3) is 0.500. The molecule has 0 aliphatic carbocycles. The van der Waals surface area contributed by atoms with Crippen molar-refractivity contribution in [2.75, 3.05) is 19.8 Å². The van der Waals surface area contributed by atoms with E-state index < -0.39 is 28.4 Å². The van der Waals surface area contributed by atoms with Gasteiger partial charge in [0.05, 0.1) is 35.2 Å². The highest BCUT2D eigenvalue weighted by Crippen LogP contribution is 2.40. The first-order valence-corrected chi connectivity index (χ1v) is 11.2. The van der Waals surface area contributed by atoms with Crippen molar-refractivity contribution in [3.8, 4) is 0 Å². The number of ether oxygens (including phenoxy) is 2. The van der Waals surface area contributed by atoms with E-state index in [0.717, 1.165) is 6.42 Å². The summed E-state index contributed by atoms with van der Waals surface area (Å²) in [6.07, 6.45) is 2.04. The van der Waals surface area contributed by atoms with E-state index in [1.54, 1.807) is 26.8 Å². The van der Waals surface area contributed by atoms with Gasteiger partial charge in [0.15, 0.2) is 0 Å². The van der Waals surface area contributed by atoms with E-state index in [2.05, 4.69) is 5.32 Å². The molecule has 10 nitrogen and oxygen atoms in total. The Balaban J connectivity index is 2.00.